The molecule has 0 spiro atoms. The van der Waals surface area contributed by atoms with E-state index in [-0.39, 0.29) is 10.8 Å². The number of hydrogen-bond acceptors (Lipinski definition) is 1. The van der Waals surface area contributed by atoms with E-state index in [1.54, 1.807) is 0 Å². The normalized spacial score (nSPS) is 13.9. The predicted octanol–water partition coefficient (Wildman–Crippen LogP) is 19.3. The molecule has 0 saturated carbocycles. The molecule has 69 heavy (non-hydrogen) atoms. The van der Waals surface area contributed by atoms with Gasteiger partial charge >= 0.3 is 0 Å². The summed E-state index contributed by atoms with van der Waals surface area (Å²) in [4.78, 5) is 2.50. The van der Waals surface area contributed by atoms with Crippen LogP contribution in [0.4, 0.5) is 17.1 Å². The third-order valence-electron chi connectivity index (χ3n) is 16.1. The molecule has 11 rings (SSSR count). The molecular weight excluding hydrogens is 833 g/mol. The molecule has 0 aliphatic heterocycles. The van der Waals surface area contributed by atoms with Crippen LogP contribution >= 0.6 is 0 Å². The van der Waals surface area contributed by atoms with Crippen molar-refractivity contribution in [1.82, 2.24) is 4.57 Å². The van der Waals surface area contributed by atoms with Crippen LogP contribution in [0.3, 0.4) is 0 Å². The Bertz CT molecular complexity index is 3230. The van der Waals surface area contributed by atoms with Gasteiger partial charge in [-0.3, -0.25) is 0 Å². The first-order valence-electron chi connectivity index (χ1n) is 26.2. The summed E-state index contributed by atoms with van der Waals surface area (Å²) in [7, 11) is 0. The Kier molecular flexibility index (Phi) is 11.9. The standard InChI is InChI=1S/C67H68N2/c1-7-8-9-10-11-12-13-14-15-16-23-47-30-33-49(34-31-47)69-64-29-22-19-26-58(64)59-38-32-48(43-65(59)69)53-39-35-50(42-46(53)2)68(51-36-40-56-54-24-17-20-27-60(54)66(3,4)62(56)44-51)52-37-41-57-55-25-18-21-28-61(55)67(5,6)63(57)45-52/h17-22,24-45H,7-16,23H2,1-6H3. The zero-order valence-corrected chi connectivity index (χ0v) is 41.8. The van der Waals surface area contributed by atoms with Crippen molar-refractivity contribution in [2.75, 3.05) is 4.90 Å². The fourth-order valence-corrected chi connectivity index (χ4v) is 12.3. The molecule has 0 fully saturated rings. The van der Waals surface area contributed by atoms with Gasteiger partial charge in [0.15, 0.2) is 0 Å². The summed E-state index contributed by atoms with van der Waals surface area (Å²) in [6, 6.07) is 64.7. The molecule has 2 heteroatoms. The van der Waals surface area contributed by atoms with E-state index in [0.29, 0.717) is 0 Å². The van der Waals surface area contributed by atoms with Gasteiger partial charge in [0.25, 0.3) is 0 Å². The smallest absolute Gasteiger partial charge is 0.0547 e. The highest BCUT2D eigenvalue weighted by atomic mass is 15.1. The number of anilines is 3. The maximum absolute atomic E-state index is 2.50. The lowest BCUT2D eigenvalue weighted by atomic mass is 9.82. The molecule has 2 aliphatic rings. The third kappa shape index (κ3) is 8.00. The molecule has 2 nitrogen and oxygen atoms in total. The van der Waals surface area contributed by atoms with E-state index < -0.39 is 0 Å². The number of unbranched alkanes of at least 4 members (excludes halogenated alkanes) is 9. The summed E-state index contributed by atoms with van der Waals surface area (Å²) in [6.07, 6.45) is 14.9. The van der Waals surface area contributed by atoms with Crippen molar-refractivity contribution in [3.63, 3.8) is 0 Å². The Morgan fingerprint density at radius 2 is 0.899 bits per heavy atom. The Hall–Kier alpha value is -6.64. The van der Waals surface area contributed by atoms with Gasteiger partial charge in [-0.15, -0.1) is 0 Å². The quantitative estimate of drug-likeness (QED) is 0.0877. The van der Waals surface area contributed by atoms with Crippen molar-refractivity contribution in [3.8, 4) is 39.1 Å². The molecule has 0 bridgehead atoms. The van der Waals surface area contributed by atoms with Gasteiger partial charge in [-0.2, -0.15) is 0 Å². The lowest BCUT2D eigenvalue weighted by Crippen LogP contribution is -2.18. The van der Waals surface area contributed by atoms with Crippen LogP contribution in [0.2, 0.25) is 0 Å². The Morgan fingerprint density at radius 1 is 0.406 bits per heavy atom. The van der Waals surface area contributed by atoms with Crippen LogP contribution in [0.5, 0.6) is 0 Å². The zero-order chi connectivity index (χ0) is 47.3. The van der Waals surface area contributed by atoms with E-state index in [1.165, 1.54) is 170 Å². The zero-order valence-electron chi connectivity index (χ0n) is 41.8. The first kappa shape index (κ1) is 44.8. The highest BCUT2D eigenvalue weighted by molar-refractivity contribution is 6.10. The van der Waals surface area contributed by atoms with Crippen LogP contribution in [0.1, 0.15) is 132 Å². The van der Waals surface area contributed by atoms with Crippen LogP contribution in [0.25, 0.3) is 60.9 Å². The van der Waals surface area contributed by atoms with Crippen LogP contribution < -0.4 is 4.90 Å². The van der Waals surface area contributed by atoms with Crippen molar-refractivity contribution < 1.29 is 0 Å². The fourth-order valence-electron chi connectivity index (χ4n) is 12.3. The molecule has 346 valence electrons. The minimum absolute atomic E-state index is 0.107. The first-order chi connectivity index (χ1) is 33.6. The van der Waals surface area contributed by atoms with Crippen molar-refractivity contribution in [3.05, 3.63) is 203 Å². The van der Waals surface area contributed by atoms with E-state index in [0.717, 1.165) is 12.1 Å². The number of aryl methyl sites for hydroxylation is 2. The maximum Gasteiger partial charge on any atom is 0.0547 e. The minimum Gasteiger partial charge on any atom is -0.310 e. The van der Waals surface area contributed by atoms with Crippen molar-refractivity contribution in [1.29, 1.82) is 0 Å². The second kappa shape index (κ2) is 18.4. The Labute approximate surface area is 411 Å². The van der Waals surface area contributed by atoms with E-state index >= 15 is 0 Å². The van der Waals surface area contributed by atoms with E-state index in [2.05, 4.69) is 221 Å². The largest absolute Gasteiger partial charge is 0.310 e. The molecule has 0 amide bonds. The van der Waals surface area contributed by atoms with Gasteiger partial charge in [-0.05, 0) is 147 Å². The number of nitrogens with zero attached hydrogens (tertiary/aromatic N) is 2. The summed E-state index contributed by atoms with van der Waals surface area (Å²) in [5, 5.41) is 2.57. The topological polar surface area (TPSA) is 8.17 Å². The number of para-hydroxylation sites is 1. The second-order valence-electron chi connectivity index (χ2n) is 21.3. The molecule has 9 aromatic rings. The van der Waals surface area contributed by atoms with Crippen LogP contribution in [0, 0.1) is 6.92 Å². The Balaban J connectivity index is 0.924. The summed E-state index contributed by atoms with van der Waals surface area (Å²) in [5.41, 5.74) is 23.1. The van der Waals surface area contributed by atoms with Gasteiger partial charge in [0, 0.05) is 44.4 Å². The molecule has 0 N–H and O–H groups in total. The molecule has 1 heterocycles. The lowest BCUT2D eigenvalue weighted by molar-refractivity contribution is 0.556. The summed E-state index contributed by atoms with van der Waals surface area (Å²) in [5.74, 6) is 0. The van der Waals surface area contributed by atoms with Gasteiger partial charge in [0.05, 0.1) is 11.0 Å². The monoisotopic (exact) mass is 901 g/mol. The number of aromatic nitrogens is 1. The molecule has 8 aromatic carbocycles. The predicted molar refractivity (Wildman–Crippen MR) is 296 cm³/mol. The maximum atomic E-state index is 2.50. The van der Waals surface area contributed by atoms with Gasteiger partial charge in [0.2, 0.25) is 0 Å². The summed E-state index contributed by atoms with van der Waals surface area (Å²) < 4.78 is 2.48. The number of hydrogen-bond donors (Lipinski definition) is 0. The molecule has 0 unspecified atom stereocenters. The number of rotatable bonds is 16. The van der Waals surface area contributed by atoms with E-state index in [9.17, 15) is 0 Å². The summed E-state index contributed by atoms with van der Waals surface area (Å²) in [6.45, 7) is 14.1. The lowest BCUT2D eigenvalue weighted by Gasteiger charge is -2.30. The van der Waals surface area contributed by atoms with Gasteiger partial charge in [-0.25, -0.2) is 0 Å². The van der Waals surface area contributed by atoms with E-state index in [4.69, 9.17) is 0 Å². The molecule has 1 aromatic heterocycles. The Morgan fingerprint density at radius 3 is 1.49 bits per heavy atom. The third-order valence-corrected chi connectivity index (χ3v) is 16.1. The van der Waals surface area contributed by atoms with Crippen molar-refractivity contribution in [2.45, 2.75) is 123 Å². The first-order valence-corrected chi connectivity index (χ1v) is 26.2. The molecule has 0 saturated heterocycles. The van der Waals surface area contributed by atoms with Gasteiger partial charge in [0.1, 0.15) is 0 Å². The average Bonchev–Trinajstić information content (AvgIpc) is 3.91. The van der Waals surface area contributed by atoms with E-state index in [1.807, 2.05) is 0 Å². The minimum atomic E-state index is -0.107. The summed E-state index contributed by atoms with van der Waals surface area (Å²) >= 11 is 0. The van der Waals surface area contributed by atoms with Crippen LogP contribution in [-0.2, 0) is 17.3 Å². The van der Waals surface area contributed by atoms with Crippen molar-refractivity contribution in [2.24, 2.45) is 0 Å². The SMILES string of the molecule is CCCCCCCCCCCCc1ccc(-n2c3ccccc3c3ccc(-c4ccc(N(c5ccc6c(c5)C(C)(C)c5ccccc5-6)c5ccc6c(c5)C(C)(C)c5ccccc5-6)cc4C)cc32)cc1. The highest BCUT2D eigenvalue weighted by Crippen LogP contribution is 2.53. The molecule has 0 atom stereocenters. The number of benzene rings is 8. The van der Waals surface area contributed by atoms with Gasteiger partial charge in [-0.1, -0.05) is 202 Å². The molecular formula is C67H68N2. The fraction of sp³-hybridized carbons (Fsp3) is 0.284. The van der Waals surface area contributed by atoms with Crippen LogP contribution in [-0.4, -0.2) is 4.57 Å². The van der Waals surface area contributed by atoms with Gasteiger partial charge < -0.3 is 9.47 Å². The molecule has 0 radical (unpaired) electrons. The average molecular weight is 901 g/mol. The van der Waals surface area contributed by atoms with Crippen LogP contribution in [0.15, 0.2) is 170 Å². The highest BCUT2D eigenvalue weighted by Gasteiger charge is 2.38. The second-order valence-corrected chi connectivity index (χ2v) is 21.3. The molecule has 2 aliphatic carbocycles. The number of fused-ring (bicyclic) bond motifs is 9. The van der Waals surface area contributed by atoms with Crippen molar-refractivity contribution >= 4 is 38.9 Å².